The zero-order valence-corrected chi connectivity index (χ0v) is 8.42. The fourth-order valence-corrected chi connectivity index (χ4v) is 1.32. The fraction of sp³-hybridized carbons (Fsp3) is 0.125. The van der Waals surface area contributed by atoms with Crippen LogP contribution in [0, 0.1) is 17.5 Å². The van der Waals surface area contributed by atoms with Crippen molar-refractivity contribution in [2.75, 3.05) is 0 Å². The van der Waals surface area contributed by atoms with Crippen LogP contribution in [0.3, 0.4) is 0 Å². The summed E-state index contributed by atoms with van der Waals surface area (Å²) in [6.07, 6.45) is 0. The van der Waals surface area contributed by atoms with Gasteiger partial charge in [-0.25, -0.2) is 13.2 Å². The highest BCUT2D eigenvalue weighted by Crippen LogP contribution is 2.19. The molecule has 0 radical (unpaired) electrons. The van der Waals surface area contributed by atoms with Crippen molar-refractivity contribution in [2.24, 2.45) is 0 Å². The molecule has 0 saturated carbocycles. The molecule has 2 rings (SSSR count). The van der Waals surface area contributed by atoms with Gasteiger partial charge in [0, 0.05) is 0 Å². The quantitative estimate of drug-likeness (QED) is 0.601. The maximum absolute atomic E-state index is 13.4. The Kier molecular flexibility index (Phi) is 2.78. The molecule has 0 aliphatic heterocycles. The van der Waals surface area contributed by atoms with Crippen molar-refractivity contribution in [1.29, 1.82) is 0 Å². The zero-order chi connectivity index (χ0) is 11.7. The highest BCUT2D eigenvalue weighted by Gasteiger charge is 2.17. The molecule has 0 unspecified atom stereocenters. The van der Waals surface area contributed by atoms with Gasteiger partial charge in [-0.05, 0) is 22.6 Å². The Morgan fingerprint density at radius 3 is 2.62 bits per heavy atom. The van der Waals surface area contributed by atoms with Gasteiger partial charge in [-0.1, -0.05) is 0 Å². The number of aromatic nitrogens is 4. The van der Waals surface area contributed by atoms with Crippen molar-refractivity contribution in [2.45, 2.75) is 5.88 Å². The molecule has 0 N–H and O–H groups in total. The van der Waals surface area contributed by atoms with Gasteiger partial charge in [-0.15, -0.1) is 16.7 Å². The molecule has 0 aliphatic carbocycles. The second-order valence-electron chi connectivity index (χ2n) is 2.84. The lowest BCUT2D eigenvalue weighted by Crippen LogP contribution is -2.06. The van der Waals surface area contributed by atoms with E-state index in [1.54, 1.807) is 0 Å². The van der Waals surface area contributed by atoms with Crippen LogP contribution in [0.5, 0.6) is 0 Å². The predicted molar refractivity (Wildman–Crippen MR) is 48.6 cm³/mol. The van der Waals surface area contributed by atoms with Crippen LogP contribution in [-0.2, 0) is 5.88 Å². The SMILES string of the molecule is Fc1ccc(-n2nnnc2CCl)c(F)c1F. The first-order valence-electron chi connectivity index (χ1n) is 4.12. The lowest BCUT2D eigenvalue weighted by Gasteiger charge is -2.04. The molecule has 0 aliphatic rings. The van der Waals surface area contributed by atoms with Crippen molar-refractivity contribution < 1.29 is 13.2 Å². The summed E-state index contributed by atoms with van der Waals surface area (Å²) in [4.78, 5) is 0. The summed E-state index contributed by atoms with van der Waals surface area (Å²) in [5.74, 6) is -4.16. The van der Waals surface area contributed by atoms with Crippen molar-refractivity contribution >= 4 is 11.6 Å². The molecule has 2 aromatic rings. The van der Waals surface area contributed by atoms with Gasteiger partial charge in [0.15, 0.2) is 23.3 Å². The van der Waals surface area contributed by atoms with Gasteiger partial charge in [0.25, 0.3) is 0 Å². The summed E-state index contributed by atoms with van der Waals surface area (Å²) >= 11 is 5.49. The summed E-state index contributed by atoms with van der Waals surface area (Å²) in [7, 11) is 0. The minimum atomic E-state index is -1.58. The zero-order valence-electron chi connectivity index (χ0n) is 7.66. The number of tetrazole rings is 1. The third-order valence-electron chi connectivity index (χ3n) is 1.90. The summed E-state index contributed by atoms with van der Waals surface area (Å²) in [5.41, 5.74) is -0.292. The maximum atomic E-state index is 13.4. The number of benzene rings is 1. The lowest BCUT2D eigenvalue weighted by molar-refractivity contribution is 0.442. The second kappa shape index (κ2) is 4.09. The number of halogens is 4. The van der Waals surface area contributed by atoms with E-state index in [2.05, 4.69) is 15.5 Å². The van der Waals surface area contributed by atoms with Crippen LogP contribution >= 0.6 is 11.6 Å². The molecule has 1 aromatic carbocycles. The molecular weight excluding hydrogens is 245 g/mol. The van der Waals surface area contributed by atoms with Gasteiger partial charge < -0.3 is 0 Å². The summed E-state index contributed by atoms with van der Waals surface area (Å²) in [6, 6.07) is 1.81. The van der Waals surface area contributed by atoms with E-state index in [4.69, 9.17) is 11.6 Å². The Hall–Kier alpha value is -1.63. The normalized spacial score (nSPS) is 10.8. The largest absolute Gasteiger partial charge is 0.204 e. The molecule has 0 amide bonds. The molecule has 1 heterocycles. The van der Waals surface area contributed by atoms with E-state index in [1.165, 1.54) is 0 Å². The highest BCUT2D eigenvalue weighted by molar-refractivity contribution is 6.16. The minimum Gasteiger partial charge on any atom is -0.204 e. The van der Waals surface area contributed by atoms with Crippen molar-refractivity contribution in [3.8, 4) is 5.69 Å². The molecule has 0 saturated heterocycles. The molecule has 4 nitrogen and oxygen atoms in total. The number of hydrogen-bond acceptors (Lipinski definition) is 3. The molecule has 0 fully saturated rings. The van der Waals surface area contributed by atoms with Gasteiger partial charge in [0.05, 0.1) is 5.88 Å². The molecule has 0 spiro atoms. The minimum absolute atomic E-state index is 0.0779. The van der Waals surface area contributed by atoms with Crippen molar-refractivity contribution in [3.05, 3.63) is 35.4 Å². The van der Waals surface area contributed by atoms with Crippen molar-refractivity contribution in [1.82, 2.24) is 20.2 Å². The highest BCUT2D eigenvalue weighted by atomic mass is 35.5. The van der Waals surface area contributed by atoms with Crippen LogP contribution in [0.4, 0.5) is 13.2 Å². The molecule has 84 valence electrons. The topological polar surface area (TPSA) is 43.6 Å². The smallest absolute Gasteiger partial charge is 0.196 e. The van der Waals surface area contributed by atoms with Gasteiger partial charge in [0.1, 0.15) is 5.69 Å². The standard InChI is InChI=1S/C8H4ClF3N4/c9-3-6-13-14-15-16(6)5-2-1-4(10)7(11)8(5)12/h1-2H,3H2. The lowest BCUT2D eigenvalue weighted by atomic mass is 10.3. The van der Waals surface area contributed by atoms with E-state index in [-0.39, 0.29) is 17.4 Å². The fourth-order valence-electron chi connectivity index (χ4n) is 1.16. The third kappa shape index (κ3) is 1.63. The van der Waals surface area contributed by atoms with E-state index in [9.17, 15) is 13.2 Å². The average Bonchev–Trinajstić information content (AvgIpc) is 2.74. The third-order valence-corrected chi connectivity index (χ3v) is 2.14. The van der Waals surface area contributed by atoms with E-state index >= 15 is 0 Å². The predicted octanol–water partition coefficient (Wildman–Crippen LogP) is 1.82. The van der Waals surface area contributed by atoms with Gasteiger partial charge in [-0.3, -0.25) is 0 Å². The monoisotopic (exact) mass is 248 g/mol. The van der Waals surface area contributed by atoms with Crippen LogP contribution in [0.15, 0.2) is 12.1 Å². The molecule has 1 aromatic heterocycles. The Bertz CT molecular complexity index is 528. The Morgan fingerprint density at radius 1 is 1.19 bits per heavy atom. The summed E-state index contributed by atoms with van der Waals surface area (Å²) in [6.45, 7) is 0. The van der Waals surface area contributed by atoms with Gasteiger partial charge in [0.2, 0.25) is 0 Å². The van der Waals surface area contributed by atoms with Crippen LogP contribution in [0.1, 0.15) is 5.82 Å². The van der Waals surface area contributed by atoms with Crippen LogP contribution in [0.25, 0.3) is 5.69 Å². The van der Waals surface area contributed by atoms with Gasteiger partial charge >= 0.3 is 0 Å². The van der Waals surface area contributed by atoms with Crippen LogP contribution in [-0.4, -0.2) is 20.2 Å². The molecular formula is C8H4ClF3N4. The first-order chi connectivity index (χ1) is 7.65. The summed E-state index contributed by atoms with van der Waals surface area (Å²) in [5, 5.41) is 10.2. The number of rotatable bonds is 2. The average molecular weight is 249 g/mol. The van der Waals surface area contributed by atoms with E-state index < -0.39 is 17.5 Å². The molecule has 8 heteroatoms. The van der Waals surface area contributed by atoms with Gasteiger partial charge in [-0.2, -0.15) is 4.68 Å². The second-order valence-corrected chi connectivity index (χ2v) is 3.10. The van der Waals surface area contributed by atoms with E-state index in [0.29, 0.717) is 0 Å². The molecule has 16 heavy (non-hydrogen) atoms. The first-order valence-corrected chi connectivity index (χ1v) is 4.65. The Labute approximate surface area is 92.6 Å². The number of alkyl halides is 1. The van der Waals surface area contributed by atoms with E-state index in [0.717, 1.165) is 16.8 Å². The first kappa shape index (κ1) is 10.9. The molecule has 0 atom stereocenters. The number of hydrogen-bond donors (Lipinski definition) is 0. The van der Waals surface area contributed by atoms with Crippen LogP contribution in [0.2, 0.25) is 0 Å². The molecule has 0 bridgehead atoms. The van der Waals surface area contributed by atoms with E-state index in [1.807, 2.05) is 0 Å². The number of nitrogens with zero attached hydrogens (tertiary/aromatic N) is 4. The van der Waals surface area contributed by atoms with Crippen LogP contribution < -0.4 is 0 Å². The van der Waals surface area contributed by atoms with Crippen molar-refractivity contribution in [3.63, 3.8) is 0 Å². The summed E-state index contributed by atoms with van der Waals surface area (Å²) < 4.78 is 39.9. The maximum Gasteiger partial charge on any atom is 0.196 e. The Balaban J connectivity index is 2.61. The Morgan fingerprint density at radius 2 is 1.94 bits per heavy atom.